The number of hydrazone groups is 1. The van der Waals surface area contributed by atoms with Crippen molar-refractivity contribution < 1.29 is 9.53 Å². The molecule has 0 unspecified atom stereocenters. The molecule has 0 aliphatic rings. The topological polar surface area (TPSA) is 50.7 Å². The maximum atomic E-state index is 11.9. The molecule has 3 rings (SSSR count). The van der Waals surface area contributed by atoms with E-state index in [2.05, 4.69) is 39.4 Å². The van der Waals surface area contributed by atoms with Crippen molar-refractivity contribution in [2.75, 3.05) is 6.61 Å². The minimum Gasteiger partial charge on any atom is -0.483 e. The van der Waals surface area contributed by atoms with E-state index in [1.807, 2.05) is 54.6 Å². The van der Waals surface area contributed by atoms with E-state index in [0.29, 0.717) is 5.75 Å². The molecule has 26 heavy (non-hydrogen) atoms. The maximum Gasteiger partial charge on any atom is 0.277 e. The summed E-state index contributed by atoms with van der Waals surface area (Å²) in [5, 5.41) is 6.29. The zero-order valence-corrected chi connectivity index (χ0v) is 16.0. The Kier molecular flexibility index (Phi) is 6.02. The third-order valence-electron chi connectivity index (χ3n) is 3.94. The molecule has 0 aromatic heterocycles. The van der Waals surface area contributed by atoms with Crippen molar-refractivity contribution in [3.8, 4) is 5.75 Å². The van der Waals surface area contributed by atoms with Gasteiger partial charge in [-0.25, -0.2) is 5.43 Å². The lowest BCUT2D eigenvalue weighted by atomic mass is 10.1. The van der Waals surface area contributed by atoms with E-state index in [1.54, 1.807) is 6.21 Å². The molecule has 0 radical (unpaired) electrons. The van der Waals surface area contributed by atoms with Gasteiger partial charge in [0.2, 0.25) is 0 Å². The summed E-state index contributed by atoms with van der Waals surface area (Å²) in [6, 6.07) is 19.9. The Hall–Kier alpha value is -2.66. The number of aryl methyl sites for hydroxylation is 1. The molecule has 0 spiro atoms. The molecule has 0 heterocycles. The van der Waals surface area contributed by atoms with Gasteiger partial charge in [-0.1, -0.05) is 49.4 Å². The molecule has 0 aliphatic heterocycles. The summed E-state index contributed by atoms with van der Waals surface area (Å²) in [4.78, 5) is 11.9. The van der Waals surface area contributed by atoms with Crippen molar-refractivity contribution in [2.45, 2.75) is 13.3 Å². The van der Waals surface area contributed by atoms with Gasteiger partial charge >= 0.3 is 0 Å². The molecule has 0 aliphatic carbocycles. The van der Waals surface area contributed by atoms with Gasteiger partial charge in [-0.2, -0.15) is 5.10 Å². The predicted octanol–water partition coefficient (Wildman–Crippen LogP) is 4.69. The van der Waals surface area contributed by atoms with E-state index < -0.39 is 0 Å². The minimum atomic E-state index is -0.312. The van der Waals surface area contributed by atoms with E-state index in [-0.39, 0.29) is 12.5 Å². The summed E-state index contributed by atoms with van der Waals surface area (Å²) in [7, 11) is 0. The molecule has 5 heteroatoms. The van der Waals surface area contributed by atoms with Gasteiger partial charge in [-0.05, 0) is 62.4 Å². The Morgan fingerprint density at radius 2 is 1.92 bits per heavy atom. The van der Waals surface area contributed by atoms with E-state index >= 15 is 0 Å². The van der Waals surface area contributed by atoms with Crippen LogP contribution in [-0.4, -0.2) is 18.7 Å². The number of fused-ring (bicyclic) bond motifs is 1. The highest BCUT2D eigenvalue weighted by molar-refractivity contribution is 9.10. The van der Waals surface area contributed by atoms with Crippen LogP contribution in [0, 0.1) is 0 Å². The largest absolute Gasteiger partial charge is 0.483 e. The first-order chi connectivity index (χ1) is 12.7. The van der Waals surface area contributed by atoms with Gasteiger partial charge in [0.15, 0.2) is 6.61 Å². The molecule has 1 amide bonds. The van der Waals surface area contributed by atoms with E-state index in [4.69, 9.17) is 4.74 Å². The van der Waals surface area contributed by atoms with Crippen LogP contribution in [0.25, 0.3) is 10.8 Å². The van der Waals surface area contributed by atoms with Crippen LogP contribution in [0.3, 0.4) is 0 Å². The van der Waals surface area contributed by atoms with Crippen LogP contribution >= 0.6 is 15.9 Å². The zero-order chi connectivity index (χ0) is 18.4. The average Bonchev–Trinajstić information content (AvgIpc) is 2.67. The Labute approximate surface area is 161 Å². The molecular weight excluding hydrogens is 392 g/mol. The molecule has 0 fully saturated rings. The first-order valence-corrected chi connectivity index (χ1v) is 9.17. The second-order valence-corrected chi connectivity index (χ2v) is 6.66. The van der Waals surface area contributed by atoms with E-state index in [1.165, 1.54) is 10.9 Å². The Morgan fingerprint density at radius 1 is 1.12 bits per heavy atom. The molecule has 4 nitrogen and oxygen atoms in total. The van der Waals surface area contributed by atoms with Gasteiger partial charge in [-0.15, -0.1) is 0 Å². The Balaban J connectivity index is 1.54. The lowest BCUT2D eigenvalue weighted by Crippen LogP contribution is -2.24. The van der Waals surface area contributed by atoms with E-state index in [9.17, 15) is 4.79 Å². The van der Waals surface area contributed by atoms with Crippen LogP contribution < -0.4 is 10.2 Å². The summed E-state index contributed by atoms with van der Waals surface area (Å²) < 4.78 is 6.36. The van der Waals surface area contributed by atoms with Crippen molar-refractivity contribution in [3.05, 3.63) is 76.3 Å². The SMILES string of the molecule is CCc1ccc(OCC(=O)N/N=C/c2ccc3ccccc3c2)c(Br)c1. The van der Waals surface area contributed by atoms with Gasteiger partial charge < -0.3 is 4.74 Å². The van der Waals surface area contributed by atoms with Crippen molar-refractivity contribution >= 4 is 38.8 Å². The van der Waals surface area contributed by atoms with Crippen molar-refractivity contribution in [2.24, 2.45) is 5.10 Å². The summed E-state index contributed by atoms with van der Waals surface area (Å²) in [6.07, 6.45) is 2.57. The molecular formula is C21H19BrN2O2. The fourth-order valence-electron chi connectivity index (χ4n) is 2.52. The predicted molar refractivity (Wildman–Crippen MR) is 109 cm³/mol. The molecule has 0 saturated carbocycles. The highest BCUT2D eigenvalue weighted by Gasteiger charge is 2.05. The van der Waals surface area contributed by atoms with Crippen LogP contribution in [0.1, 0.15) is 18.1 Å². The first-order valence-electron chi connectivity index (χ1n) is 8.37. The van der Waals surface area contributed by atoms with Gasteiger partial charge in [0, 0.05) is 0 Å². The van der Waals surface area contributed by atoms with Crippen LogP contribution in [-0.2, 0) is 11.2 Å². The Bertz CT molecular complexity index is 954. The summed E-state index contributed by atoms with van der Waals surface area (Å²) in [5.74, 6) is 0.323. The van der Waals surface area contributed by atoms with Crippen LogP contribution in [0.4, 0.5) is 0 Å². The second kappa shape index (κ2) is 8.63. The van der Waals surface area contributed by atoms with Crippen LogP contribution in [0.2, 0.25) is 0 Å². The minimum absolute atomic E-state index is 0.0981. The fourth-order valence-corrected chi connectivity index (χ4v) is 3.06. The molecule has 3 aromatic rings. The number of hydrogen-bond donors (Lipinski definition) is 1. The number of halogens is 1. The van der Waals surface area contributed by atoms with Crippen LogP contribution in [0.15, 0.2) is 70.2 Å². The van der Waals surface area contributed by atoms with Gasteiger partial charge in [0.05, 0.1) is 10.7 Å². The van der Waals surface area contributed by atoms with Gasteiger partial charge in [-0.3, -0.25) is 4.79 Å². The number of carbonyl (C=O) groups excluding carboxylic acids is 1. The third-order valence-corrected chi connectivity index (χ3v) is 4.56. The fraction of sp³-hybridized carbons (Fsp3) is 0.143. The summed E-state index contributed by atoms with van der Waals surface area (Å²) >= 11 is 3.45. The number of amides is 1. The average molecular weight is 411 g/mol. The molecule has 0 saturated heterocycles. The first kappa shape index (κ1) is 18.1. The normalized spacial score (nSPS) is 11.0. The maximum absolute atomic E-state index is 11.9. The number of nitrogens with zero attached hydrogens (tertiary/aromatic N) is 1. The number of rotatable bonds is 6. The third kappa shape index (κ3) is 4.70. The van der Waals surface area contributed by atoms with Crippen molar-refractivity contribution in [1.29, 1.82) is 0 Å². The number of ether oxygens (including phenoxy) is 1. The van der Waals surface area contributed by atoms with Gasteiger partial charge in [0.25, 0.3) is 5.91 Å². The highest BCUT2D eigenvalue weighted by atomic mass is 79.9. The molecule has 132 valence electrons. The molecule has 3 aromatic carbocycles. The lowest BCUT2D eigenvalue weighted by molar-refractivity contribution is -0.123. The quantitative estimate of drug-likeness (QED) is 0.473. The number of nitrogens with one attached hydrogen (secondary N) is 1. The number of benzene rings is 3. The highest BCUT2D eigenvalue weighted by Crippen LogP contribution is 2.26. The standard InChI is InChI=1S/C21H19BrN2O2/c1-2-15-8-10-20(19(22)12-15)26-14-21(25)24-23-13-16-7-9-17-5-3-4-6-18(17)11-16/h3-13H,2,14H2,1H3,(H,24,25)/b23-13+. The van der Waals surface area contributed by atoms with Gasteiger partial charge in [0.1, 0.15) is 5.75 Å². The molecule has 1 N–H and O–H groups in total. The summed E-state index contributed by atoms with van der Waals surface area (Å²) in [6.45, 7) is 1.99. The van der Waals surface area contributed by atoms with E-state index in [0.717, 1.165) is 21.8 Å². The zero-order valence-electron chi connectivity index (χ0n) is 14.4. The molecule has 0 bridgehead atoms. The second-order valence-electron chi connectivity index (χ2n) is 5.81. The van der Waals surface area contributed by atoms with Crippen molar-refractivity contribution in [1.82, 2.24) is 5.43 Å². The Morgan fingerprint density at radius 3 is 2.69 bits per heavy atom. The number of carbonyl (C=O) groups is 1. The number of hydrogen-bond acceptors (Lipinski definition) is 3. The van der Waals surface area contributed by atoms with Crippen LogP contribution in [0.5, 0.6) is 5.75 Å². The summed E-state index contributed by atoms with van der Waals surface area (Å²) in [5.41, 5.74) is 4.60. The lowest BCUT2D eigenvalue weighted by Gasteiger charge is -2.08. The van der Waals surface area contributed by atoms with Crippen molar-refractivity contribution in [3.63, 3.8) is 0 Å². The molecule has 0 atom stereocenters. The smallest absolute Gasteiger partial charge is 0.277 e. The monoisotopic (exact) mass is 410 g/mol.